The topological polar surface area (TPSA) is 87.0 Å². The molecule has 3 heterocycles. The number of nitrogens with zero attached hydrogens (tertiary/aromatic N) is 4. The van der Waals surface area contributed by atoms with Gasteiger partial charge in [-0.3, -0.25) is 19.4 Å². The van der Waals surface area contributed by atoms with Crippen LogP contribution in [0.15, 0.2) is 74.6 Å². The lowest BCUT2D eigenvalue weighted by molar-refractivity contribution is 0.0341. The number of benzene rings is 2. The molecule has 8 heteroatoms. The Labute approximate surface area is 224 Å². The molecule has 0 amide bonds. The van der Waals surface area contributed by atoms with E-state index in [0.29, 0.717) is 5.82 Å². The average molecular weight is 516 g/mol. The van der Waals surface area contributed by atoms with Crippen molar-refractivity contribution in [2.24, 2.45) is 4.99 Å². The van der Waals surface area contributed by atoms with Crippen LogP contribution in [0.25, 0.3) is 22.5 Å². The van der Waals surface area contributed by atoms with Gasteiger partial charge >= 0.3 is 5.76 Å². The van der Waals surface area contributed by atoms with Crippen LogP contribution in [0.5, 0.6) is 0 Å². The number of ether oxygens (including phenoxy) is 1. The molecule has 1 unspecified atom stereocenters. The normalized spacial score (nSPS) is 18.4. The van der Waals surface area contributed by atoms with Crippen LogP contribution in [0.3, 0.4) is 0 Å². The lowest BCUT2D eigenvalue weighted by atomic mass is 9.94. The molecule has 2 aromatic carbocycles. The Hall–Kier alpha value is -3.49. The highest BCUT2D eigenvalue weighted by Crippen LogP contribution is 2.30. The van der Waals surface area contributed by atoms with E-state index in [4.69, 9.17) is 14.3 Å². The van der Waals surface area contributed by atoms with Crippen molar-refractivity contribution in [3.8, 4) is 22.5 Å². The van der Waals surface area contributed by atoms with E-state index in [-0.39, 0.29) is 6.17 Å². The Morgan fingerprint density at radius 2 is 1.79 bits per heavy atom. The van der Waals surface area contributed by atoms with E-state index < -0.39 is 5.76 Å². The third-order valence-electron chi connectivity index (χ3n) is 7.34. The summed E-state index contributed by atoms with van der Waals surface area (Å²) in [5.41, 5.74) is 6.69. The van der Waals surface area contributed by atoms with Crippen molar-refractivity contribution >= 4 is 5.71 Å². The van der Waals surface area contributed by atoms with Crippen molar-refractivity contribution in [1.82, 2.24) is 19.9 Å². The lowest BCUT2D eigenvalue weighted by Gasteiger charge is -2.34. The number of aromatic nitrogens is 2. The SMILES string of the molecule is CCCCC1=NC(C)N(CCN2CCOCC2)C=C1Cc1ccc(-c2ccccc2-c2noc(=O)[nH]2)cc1. The molecular weight excluding hydrogens is 478 g/mol. The quantitative estimate of drug-likeness (QED) is 0.419. The monoisotopic (exact) mass is 515 g/mol. The maximum Gasteiger partial charge on any atom is 0.439 e. The number of aliphatic imine (C=N–C) groups is 1. The lowest BCUT2D eigenvalue weighted by Crippen LogP contribution is -2.43. The summed E-state index contributed by atoms with van der Waals surface area (Å²) < 4.78 is 10.2. The molecule has 8 nitrogen and oxygen atoms in total. The highest BCUT2D eigenvalue weighted by Gasteiger charge is 2.21. The minimum Gasteiger partial charge on any atom is -0.379 e. The predicted octanol–water partition coefficient (Wildman–Crippen LogP) is 4.75. The summed E-state index contributed by atoms with van der Waals surface area (Å²) in [6.07, 6.45) is 6.69. The maximum absolute atomic E-state index is 11.5. The van der Waals surface area contributed by atoms with E-state index in [0.717, 1.165) is 81.8 Å². The average Bonchev–Trinajstić information content (AvgIpc) is 3.39. The van der Waals surface area contributed by atoms with Crippen molar-refractivity contribution in [3.05, 3.63) is 76.4 Å². The Morgan fingerprint density at radius 3 is 2.50 bits per heavy atom. The summed E-state index contributed by atoms with van der Waals surface area (Å²) in [5.74, 6) is -0.120. The molecule has 2 aliphatic heterocycles. The number of aromatic amines is 1. The van der Waals surface area contributed by atoms with E-state index >= 15 is 0 Å². The van der Waals surface area contributed by atoms with Gasteiger partial charge in [-0.1, -0.05) is 67.0 Å². The second-order valence-corrected chi connectivity index (χ2v) is 10.0. The van der Waals surface area contributed by atoms with Gasteiger partial charge in [-0.15, -0.1) is 0 Å². The number of rotatable bonds is 10. The van der Waals surface area contributed by atoms with Gasteiger partial charge in [0.25, 0.3) is 0 Å². The second-order valence-electron chi connectivity index (χ2n) is 10.0. The van der Waals surface area contributed by atoms with Crippen LogP contribution in [-0.2, 0) is 11.2 Å². The number of hydrogen-bond donors (Lipinski definition) is 1. The van der Waals surface area contributed by atoms with Crippen LogP contribution in [0, 0.1) is 0 Å². The fourth-order valence-electron chi connectivity index (χ4n) is 5.12. The van der Waals surface area contributed by atoms with Crippen LogP contribution < -0.4 is 5.76 Å². The zero-order chi connectivity index (χ0) is 26.3. The smallest absolute Gasteiger partial charge is 0.379 e. The maximum atomic E-state index is 11.5. The number of nitrogens with one attached hydrogen (secondary N) is 1. The van der Waals surface area contributed by atoms with Gasteiger partial charge < -0.3 is 9.64 Å². The highest BCUT2D eigenvalue weighted by molar-refractivity contribution is 6.01. The molecule has 0 radical (unpaired) electrons. The van der Waals surface area contributed by atoms with E-state index in [9.17, 15) is 4.79 Å². The molecule has 0 saturated carbocycles. The van der Waals surface area contributed by atoms with E-state index in [2.05, 4.69) is 64.3 Å². The molecule has 1 aromatic heterocycles. The third kappa shape index (κ3) is 6.31. The van der Waals surface area contributed by atoms with Gasteiger partial charge in [0.15, 0.2) is 5.82 Å². The minimum absolute atomic E-state index is 0.161. The molecule has 2 aliphatic rings. The van der Waals surface area contributed by atoms with Crippen LogP contribution in [-0.4, -0.2) is 71.2 Å². The van der Waals surface area contributed by atoms with E-state index in [1.807, 2.05) is 24.3 Å². The van der Waals surface area contributed by atoms with Crippen LogP contribution in [0.4, 0.5) is 0 Å². The molecule has 5 rings (SSSR count). The van der Waals surface area contributed by atoms with Crippen LogP contribution in [0.1, 0.15) is 38.7 Å². The van der Waals surface area contributed by atoms with E-state index in [1.54, 1.807) is 0 Å². The first-order chi connectivity index (χ1) is 18.6. The summed E-state index contributed by atoms with van der Waals surface area (Å²) in [6.45, 7) is 10.1. The number of morpholine rings is 1. The molecule has 1 atom stereocenters. The number of H-pyrrole nitrogens is 1. The van der Waals surface area contributed by atoms with Crippen molar-refractivity contribution in [2.45, 2.75) is 45.7 Å². The van der Waals surface area contributed by atoms with Gasteiger partial charge in [0.1, 0.15) is 6.17 Å². The fourth-order valence-corrected chi connectivity index (χ4v) is 5.12. The largest absolute Gasteiger partial charge is 0.439 e. The molecule has 200 valence electrons. The molecule has 1 N–H and O–H groups in total. The summed E-state index contributed by atoms with van der Waals surface area (Å²) >= 11 is 0. The Bertz CT molecular complexity index is 1320. The predicted molar refractivity (Wildman–Crippen MR) is 150 cm³/mol. The Morgan fingerprint density at radius 1 is 1.03 bits per heavy atom. The molecule has 0 aliphatic carbocycles. The van der Waals surface area contributed by atoms with Crippen LogP contribution >= 0.6 is 0 Å². The Balaban J connectivity index is 1.33. The fraction of sp³-hybridized carbons (Fsp3) is 0.433. The van der Waals surface area contributed by atoms with Crippen molar-refractivity contribution in [3.63, 3.8) is 0 Å². The molecule has 3 aromatic rings. The summed E-state index contributed by atoms with van der Waals surface area (Å²) in [5, 5.41) is 3.88. The first-order valence-corrected chi connectivity index (χ1v) is 13.7. The Kier molecular flexibility index (Phi) is 8.51. The first kappa shape index (κ1) is 26.1. The van der Waals surface area contributed by atoms with Gasteiger partial charge in [0.05, 0.1) is 13.2 Å². The van der Waals surface area contributed by atoms with Crippen molar-refractivity contribution in [2.75, 3.05) is 39.4 Å². The summed E-state index contributed by atoms with van der Waals surface area (Å²) in [7, 11) is 0. The minimum atomic E-state index is -0.556. The molecule has 1 fully saturated rings. The molecule has 38 heavy (non-hydrogen) atoms. The number of hydrogen-bond acceptors (Lipinski definition) is 7. The molecule has 0 spiro atoms. The molecule has 0 bridgehead atoms. The van der Waals surface area contributed by atoms with Gasteiger partial charge in [-0.2, -0.15) is 0 Å². The van der Waals surface area contributed by atoms with Gasteiger partial charge in [-0.05, 0) is 42.0 Å². The van der Waals surface area contributed by atoms with Crippen LogP contribution in [0.2, 0.25) is 0 Å². The van der Waals surface area contributed by atoms with Gasteiger partial charge in [0.2, 0.25) is 0 Å². The zero-order valence-electron chi connectivity index (χ0n) is 22.4. The number of allylic oxidation sites excluding steroid dienone is 1. The van der Waals surface area contributed by atoms with Gasteiger partial charge in [0, 0.05) is 50.1 Å². The standard InChI is InChI=1S/C30H37N5O3/c1-3-4-9-28-25(21-35(22(2)31-28)15-14-34-16-18-37-19-17-34)20-23-10-12-24(13-11-23)26-7-5-6-8-27(26)29-32-30(36)38-33-29/h5-8,10-13,21-22H,3-4,9,14-20H2,1-2H3,(H,32,33,36). The zero-order valence-corrected chi connectivity index (χ0v) is 22.4. The third-order valence-corrected chi connectivity index (χ3v) is 7.34. The number of unbranched alkanes of at least 4 members (excludes halogenated alkanes) is 1. The van der Waals surface area contributed by atoms with Gasteiger partial charge in [-0.25, -0.2) is 4.79 Å². The van der Waals surface area contributed by atoms with Crippen molar-refractivity contribution in [1.29, 1.82) is 0 Å². The molecular formula is C30H37N5O3. The van der Waals surface area contributed by atoms with Crippen molar-refractivity contribution < 1.29 is 9.26 Å². The highest BCUT2D eigenvalue weighted by atomic mass is 16.5. The second kappa shape index (κ2) is 12.4. The summed E-state index contributed by atoms with van der Waals surface area (Å²) in [4.78, 5) is 24.2. The summed E-state index contributed by atoms with van der Waals surface area (Å²) in [6, 6.07) is 16.5. The first-order valence-electron chi connectivity index (χ1n) is 13.7. The van der Waals surface area contributed by atoms with E-state index in [1.165, 1.54) is 16.8 Å². The molecule has 1 saturated heterocycles.